The summed E-state index contributed by atoms with van der Waals surface area (Å²) < 4.78 is 26.9. The van der Waals surface area contributed by atoms with E-state index in [9.17, 15) is 19.2 Å². The van der Waals surface area contributed by atoms with Crippen LogP contribution in [0.25, 0.3) is 11.1 Å². The number of ether oxygens (including phenoxy) is 5. The van der Waals surface area contributed by atoms with Crippen LogP contribution in [0, 0.1) is 0 Å². The number of carbonyl (C=O) groups is 4. The minimum Gasteiger partial charge on any atom is -0.494 e. The van der Waals surface area contributed by atoms with Crippen LogP contribution in [0.4, 0.5) is 0 Å². The van der Waals surface area contributed by atoms with E-state index < -0.39 is 11.9 Å². The Labute approximate surface area is 339 Å². The van der Waals surface area contributed by atoms with Crippen LogP contribution < -0.4 is 9.47 Å². The maximum absolute atomic E-state index is 12.8. The van der Waals surface area contributed by atoms with E-state index in [0.717, 1.165) is 87.5 Å². The van der Waals surface area contributed by atoms with Gasteiger partial charge < -0.3 is 23.7 Å². The standard InChI is InChI=1S/C48H62O9/c1-3-45(49)54-36-20-16-12-8-5-7-11-15-19-35-53-43-31-27-40(28-32-43)39-23-25-42(26-24-39)48(52)57-44-33-29-41(30-34-44)47(51)56-38-22-18-14-10-6-9-13-17-21-37-55-46(50)4-2/h3-4,23-34H,1-2,5-22,35-38H2. The van der Waals surface area contributed by atoms with Gasteiger partial charge in [0.1, 0.15) is 11.5 Å². The third-order valence-electron chi connectivity index (χ3n) is 9.51. The first-order chi connectivity index (χ1) is 27.9. The molecule has 0 aliphatic rings. The molecule has 3 rings (SSSR count). The molecule has 0 aliphatic carbocycles. The van der Waals surface area contributed by atoms with Crippen LogP contribution in [0.3, 0.4) is 0 Å². The number of benzene rings is 3. The van der Waals surface area contributed by atoms with Crippen LogP contribution >= 0.6 is 0 Å². The van der Waals surface area contributed by atoms with Crippen LogP contribution in [0.2, 0.25) is 0 Å². The molecule has 0 radical (unpaired) electrons. The predicted molar refractivity (Wildman–Crippen MR) is 224 cm³/mol. The molecule has 0 heterocycles. The van der Waals surface area contributed by atoms with Crippen molar-refractivity contribution >= 4 is 23.9 Å². The van der Waals surface area contributed by atoms with Gasteiger partial charge in [-0.15, -0.1) is 0 Å². The first kappa shape index (κ1) is 46.2. The van der Waals surface area contributed by atoms with Crippen molar-refractivity contribution in [3.05, 3.63) is 109 Å². The molecule has 0 saturated carbocycles. The largest absolute Gasteiger partial charge is 0.494 e. The highest BCUT2D eigenvalue weighted by Gasteiger charge is 2.12. The Bertz CT molecular complexity index is 1610. The van der Waals surface area contributed by atoms with E-state index in [1.54, 1.807) is 36.4 Å². The second kappa shape index (κ2) is 29.1. The number of carbonyl (C=O) groups excluding carboxylic acids is 4. The molecule has 0 amide bonds. The van der Waals surface area contributed by atoms with Gasteiger partial charge in [-0.3, -0.25) is 0 Å². The van der Waals surface area contributed by atoms with E-state index in [0.29, 0.717) is 43.3 Å². The van der Waals surface area contributed by atoms with Gasteiger partial charge in [-0.05, 0) is 85.3 Å². The molecule has 0 saturated heterocycles. The molecule has 57 heavy (non-hydrogen) atoms. The Balaban J connectivity index is 1.22. The summed E-state index contributed by atoms with van der Waals surface area (Å²) in [5, 5.41) is 0. The fourth-order valence-electron chi connectivity index (χ4n) is 6.15. The molecule has 0 aliphatic heterocycles. The molecule has 0 fully saturated rings. The lowest BCUT2D eigenvalue weighted by Gasteiger charge is -2.09. The molecule has 0 N–H and O–H groups in total. The first-order valence-corrected chi connectivity index (χ1v) is 20.8. The van der Waals surface area contributed by atoms with Crippen molar-refractivity contribution in [1.82, 2.24) is 0 Å². The molecular weight excluding hydrogens is 721 g/mol. The van der Waals surface area contributed by atoms with Crippen molar-refractivity contribution in [3.8, 4) is 22.6 Å². The zero-order valence-electron chi connectivity index (χ0n) is 33.7. The molecule has 9 nitrogen and oxygen atoms in total. The average Bonchev–Trinajstić information content (AvgIpc) is 3.24. The van der Waals surface area contributed by atoms with Crippen LogP contribution in [-0.4, -0.2) is 50.3 Å². The number of hydrogen-bond acceptors (Lipinski definition) is 9. The summed E-state index contributed by atoms with van der Waals surface area (Å²) in [6.07, 6.45) is 22.1. The molecule has 3 aromatic rings. The summed E-state index contributed by atoms with van der Waals surface area (Å²) in [7, 11) is 0. The molecule has 0 atom stereocenters. The minimum absolute atomic E-state index is 0.346. The van der Waals surface area contributed by atoms with E-state index in [1.807, 2.05) is 36.4 Å². The second-order valence-electron chi connectivity index (χ2n) is 14.1. The van der Waals surface area contributed by atoms with Crippen LogP contribution in [0.1, 0.15) is 136 Å². The van der Waals surface area contributed by atoms with Gasteiger partial charge in [0.05, 0.1) is 37.6 Å². The predicted octanol–water partition coefficient (Wildman–Crippen LogP) is 11.6. The summed E-state index contributed by atoms with van der Waals surface area (Å²) in [6.45, 7) is 8.78. The molecule has 0 aromatic heterocycles. The molecular formula is C48H62O9. The van der Waals surface area contributed by atoms with Crippen molar-refractivity contribution < 1.29 is 42.9 Å². The third kappa shape index (κ3) is 20.5. The van der Waals surface area contributed by atoms with Gasteiger partial charge in [0.2, 0.25) is 0 Å². The summed E-state index contributed by atoms with van der Waals surface area (Å²) in [5.74, 6) is -0.393. The molecule has 9 heteroatoms. The molecule has 0 unspecified atom stereocenters. The second-order valence-corrected chi connectivity index (χ2v) is 14.1. The van der Waals surface area contributed by atoms with Gasteiger partial charge in [0.15, 0.2) is 0 Å². The molecule has 0 spiro atoms. The topological polar surface area (TPSA) is 114 Å². The quantitative estimate of drug-likeness (QED) is 0.0207. The Morgan fingerprint density at radius 3 is 1.16 bits per heavy atom. The fraction of sp³-hybridized carbons (Fsp3) is 0.458. The molecule has 308 valence electrons. The summed E-state index contributed by atoms with van der Waals surface area (Å²) in [5.41, 5.74) is 2.83. The maximum Gasteiger partial charge on any atom is 0.343 e. The van der Waals surface area contributed by atoms with Crippen LogP contribution in [0.15, 0.2) is 98.1 Å². The Morgan fingerprint density at radius 2 is 0.719 bits per heavy atom. The summed E-state index contributed by atoms with van der Waals surface area (Å²) in [6, 6.07) is 21.6. The van der Waals surface area contributed by atoms with Gasteiger partial charge in [-0.25, -0.2) is 19.2 Å². The number of esters is 4. The highest BCUT2D eigenvalue weighted by atomic mass is 16.5. The zero-order valence-corrected chi connectivity index (χ0v) is 33.7. The summed E-state index contributed by atoms with van der Waals surface area (Å²) >= 11 is 0. The normalized spacial score (nSPS) is 10.7. The van der Waals surface area contributed by atoms with E-state index in [1.165, 1.54) is 57.1 Å². The van der Waals surface area contributed by atoms with E-state index in [4.69, 9.17) is 23.7 Å². The van der Waals surface area contributed by atoms with Crippen molar-refractivity contribution in [2.45, 2.75) is 116 Å². The van der Waals surface area contributed by atoms with Crippen molar-refractivity contribution in [2.75, 3.05) is 26.4 Å². The number of unbranched alkanes of at least 4 members (excludes halogenated alkanes) is 16. The average molecular weight is 783 g/mol. The van der Waals surface area contributed by atoms with Crippen molar-refractivity contribution in [3.63, 3.8) is 0 Å². The number of rotatable bonds is 31. The Morgan fingerprint density at radius 1 is 0.386 bits per heavy atom. The zero-order chi connectivity index (χ0) is 40.8. The van der Waals surface area contributed by atoms with Gasteiger partial charge in [-0.1, -0.05) is 127 Å². The monoisotopic (exact) mass is 782 g/mol. The van der Waals surface area contributed by atoms with E-state index in [2.05, 4.69) is 13.2 Å². The highest BCUT2D eigenvalue weighted by molar-refractivity contribution is 5.92. The Kier molecular flexibility index (Phi) is 23.6. The van der Waals surface area contributed by atoms with Gasteiger partial charge in [0.25, 0.3) is 0 Å². The maximum atomic E-state index is 12.8. The minimum atomic E-state index is -0.479. The van der Waals surface area contributed by atoms with Crippen molar-refractivity contribution in [1.29, 1.82) is 0 Å². The lowest BCUT2D eigenvalue weighted by Crippen LogP contribution is -2.09. The van der Waals surface area contributed by atoms with Crippen LogP contribution in [-0.2, 0) is 23.8 Å². The van der Waals surface area contributed by atoms with Gasteiger partial charge in [0, 0.05) is 12.2 Å². The lowest BCUT2D eigenvalue weighted by atomic mass is 10.0. The summed E-state index contributed by atoms with van der Waals surface area (Å²) in [4.78, 5) is 47.3. The molecule has 3 aromatic carbocycles. The van der Waals surface area contributed by atoms with Crippen LogP contribution in [0.5, 0.6) is 11.5 Å². The Hall–Kier alpha value is -5.18. The SMILES string of the molecule is C=CC(=O)OCCCCCCCCCCCOC(=O)c1ccc(OC(=O)c2ccc(-c3ccc(OCCCCCCCCCCCOC(=O)C=C)cc3)cc2)cc1. The highest BCUT2D eigenvalue weighted by Crippen LogP contribution is 2.24. The smallest absolute Gasteiger partial charge is 0.343 e. The van der Waals surface area contributed by atoms with Gasteiger partial charge in [-0.2, -0.15) is 0 Å². The van der Waals surface area contributed by atoms with E-state index >= 15 is 0 Å². The van der Waals surface area contributed by atoms with E-state index in [-0.39, 0.29) is 11.9 Å². The fourth-order valence-corrected chi connectivity index (χ4v) is 6.15. The molecule has 0 bridgehead atoms. The first-order valence-electron chi connectivity index (χ1n) is 20.8. The van der Waals surface area contributed by atoms with Crippen molar-refractivity contribution in [2.24, 2.45) is 0 Å². The number of hydrogen-bond donors (Lipinski definition) is 0. The lowest BCUT2D eigenvalue weighted by molar-refractivity contribution is -0.138. The van der Waals surface area contributed by atoms with Gasteiger partial charge >= 0.3 is 23.9 Å². The third-order valence-corrected chi connectivity index (χ3v) is 9.51.